The lowest BCUT2D eigenvalue weighted by Gasteiger charge is -2.30. The Morgan fingerprint density at radius 1 is 1.22 bits per heavy atom. The molecule has 1 saturated heterocycles. The maximum Gasteiger partial charge on any atom is 0.230 e. The Balaban J connectivity index is 1.49. The van der Waals surface area contributed by atoms with Crippen molar-refractivity contribution >= 4 is 37.8 Å². The summed E-state index contributed by atoms with van der Waals surface area (Å²) in [5.41, 5.74) is 2.54. The number of carbonyl (C=O) groups is 1. The quantitative estimate of drug-likeness (QED) is 0.645. The summed E-state index contributed by atoms with van der Waals surface area (Å²) in [4.78, 5) is 27.1. The summed E-state index contributed by atoms with van der Waals surface area (Å²) in [5, 5.41) is 10.0. The lowest BCUT2D eigenvalue weighted by Crippen LogP contribution is -2.44. The van der Waals surface area contributed by atoms with Crippen molar-refractivity contribution in [2.45, 2.75) is 44.6 Å². The van der Waals surface area contributed by atoms with E-state index in [0.29, 0.717) is 18.2 Å². The third-order valence-corrected chi connectivity index (χ3v) is 8.48. The molecule has 1 N–H and O–H groups in total. The second-order valence-corrected chi connectivity index (χ2v) is 11.2. The number of nitrogens with zero attached hydrogens (tertiary/aromatic N) is 5. The van der Waals surface area contributed by atoms with Crippen LogP contribution in [0.15, 0.2) is 18.5 Å². The molecule has 0 atom stereocenters. The third-order valence-electron chi connectivity index (χ3n) is 6.88. The van der Waals surface area contributed by atoms with Gasteiger partial charge in [0, 0.05) is 37.1 Å². The second-order valence-electron chi connectivity index (χ2n) is 8.88. The molecule has 3 aromatic rings. The molecule has 2 fully saturated rings. The molecule has 0 spiro atoms. The van der Waals surface area contributed by atoms with Gasteiger partial charge in [-0.25, -0.2) is 18.4 Å². The number of aromatic nitrogens is 4. The van der Waals surface area contributed by atoms with E-state index in [4.69, 9.17) is 10.2 Å². The number of hydrogen-bond acceptors (Lipinski definition) is 6. The van der Waals surface area contributed by atoms with Crippen molar-refractivity contribution in [3.8, 4) is 6.07 Å². The Labute approximate surface area is 186 Å². The van der Waals surface area contributed by atoms with Crippen molar-refractivity contribution in [2.75, 3.05) is 24.6 Å². The fraction of sp³-hybridized carbons (Fsp3) is 0.545. The van der Waals surface area contributed by atoms with E-state index in [1.54, 1.807) is 11.1 Å². The minimum absolute atomic E-state index is 0.0198. The molecule has 32 heavy (non-hydrogen) atoms. The first-order valence-corrected chi connectivity index (χ1v) is 13.0. The smallest absolute Gasteiger partial charge is 0.230 e. The summed E-state index contributed by atoms with van der Waals surface area (Å²) in [7, 11) is -3.05. The van der Waals surface area contributed by atoms with Crippen LogP contribution in [-0.2, 0) is 21.1 Å². The molecular weight excluding hydrogens is 428 g/mol. The van der Waals surface area contributed by atoms with Gasteiger partial charge in [0.05, 0.1) is 35.7 Å². The first-order valence-electron chi connectivity index (χ1n) is 11.1. The van der Waals surface area contributed by atoms with E-state index >= 15 is 0 Å². The molecule has 0 unspecified atom stereocenters. The van der Waals surface area contributed by atoms with E-state index in [9.17, 15) is 13.2 Å². The average Bonchev–Trinajstić information content (AvgIpc) is 3.38. The number of H-pyrrole nitrogens is 1. The van der Waals surface area contributed by atoms with Crippen molar-refractivity contribution in [2.24, 2.45) is 5.92 Å². The van der Waals surface area contributed by atoms with E-state index in [1.165, 1.54) is 0 Å². The largest absolute Gasteiger partial charge is 0.346 e. The molecule has 4 heterocycles. The summed E-state index contributed by atoms with van der Waals surface area (Å²) in [6.07, 6.45) is 8.17. The molecule has 0 bridgehead atoms. The van der Waals surface area contributed by atoms with E-state index in [1.807, 2.05) is 12.3 Å². The van der Waals surface area contributed by atoms with Crippen LogP contribution in [-0.4, -0.2) is 63.3 Å². The van der Waals surface area contributed by atoms with Gasteiger partial charge in [0.15, 0.2) is 9.84 Å². The fourth-order valence-corrected chi connectivity index (χ4v) is 6.30. The number of hydrogen-bond donors (Lipinski definition) is 1. The van der Waals surface area contributed by atoms with Gasteiger partial charge in [-0.15, -0.1) is 0 Å². The molecule has 9 nitrogen and oxygen atoms in total. The van der Waals surface area contributed by atoms with Crippen LogP contribution < -0.4 is 0 Å². The van der Waals surface area contributed by atoms with Crippen molar-refractivity contribution in [1.29, 1.82) is 5.26 Å². The Bertz CT molecular complexity index is 1300. The summed E-state index contributed by atoms with van der Waals surface area (Å²) >= 11 is 0. The minimum atomic E-state index is -3.05. The van der Waals surface area contributed by atoms with Crippen LogP contribution in [0.2, 0.25) is 0 Å². The molecule has 3 aromatic heterocycles. The molecule has 1 amide bonds. The number of nitriles is 1. The van der Waals surface area contributed by atoms with E-state index < -0.39 is 9.84 Å². The standard InChI is InChI=1S/C22H26N6O3S/c23-7-5-15-1-3-16(4-2-15)28-19(13-20(29)27-9-11-32(30,31)12-10-27)26-18-14-25-22-17(21(18)28)6-8-24-22/h6,8,14-16H,1-5,9-13H2,(H,24,25)/t15-,16-. The summed E-state index contributed by atoms with van der Waals surface area (Å²) < 4.78 is 25.7. The Hall–Kier alpha value is -2.93. The number of amides is 1. The number of pyridine rings is 1. The molecule has 1 aliphatic carbocycles. The van der Waals surface area contributed by atoms with Crippen LogP contribution in [0.5, 0.6) is 0 Å². The van der Waals surface area contributed by atoms with Crippen molar-refractivity contribution < 1.29 is 13.2 Å². The summed E-state index contributed by atoms with van der Waals surface area (Å²) in [6, 6.07) is 4.49. The number of imidazole rings is 1. The Kier molecular flexibility index (Phi) is 5.37. The molecule has 0 radical (unpaired) electrons. The molecule has 1 saturated carbocycles. The van der Waals surface area contributed by atoms with Crippen molar-refractivity contribution in [1.82, 2.24) is 24.4 Å². The zero-order valence-corrected chi connectivity index (χ0v) is 18.6. The second kappa shape index (κ2) is 8.20. The summed E-state index contributed by atoms with van der Waals surface area (Å²) in [5.74, 6) is 1.09. The number of nitrogens with one attached hydrogen (secondary N) is 1. The highest BCUT2D eigenvalue weighted by Crippen LogP contribution is 2.38. The molecule has 168 valence electrons. The first-order chi connectivity index (χ1) is 15.4. The van der Waals surface area contributed by atoms with Gasteiger partial charge in [-0.3, -0.25) is 4.79 Å². The van der Waals surface area contributed by atoms with Crippen LogP contribution in [0.4, 0.5) is 0 Å². The Morgan fingerprint density at radius 3 is 2.69 bits per heavy atom. The topological polar surface area (TPSA) is 125 Å². The lowest BCUT2D eigenvalue weighted by atomic mass is 9.84. The van der Waals surface area contributed by atoms with E-state index in [0.717, 1.165) is 47.8 Å². The molecule has 10 heteroatoms. The number of sulfone groups is 1. The summed E-state index contributed by atoms with van der Waals surface area (Å²) in [6.45, 7) is 0.481. The maximum absolute atomic E-state index is 13.1. The fourth-order valence-electron chi connectivity index (χ4n) is 5.10. The average molecular weight is 455 g/mol. The SMILES string of the molecule is N#CC[C@H]1CC[C@H](n2c(CC(=O)N3CCS(=O)(=O)CC3)nc3cnc4[nH]ccc4c32)CC1. The minimum Gasteiger partial charge on any atom is -0.346 e. The van der Waals surface area contributed by atoms with Gasteiger partial charge in [-0.2, -0.15) is 5.26 Å². The molecule has 5 rings (SSSR count). The zero-order valence-electron chi connectivity index (χ0n) is 17.8. The highest BCUT2D eigenvalue weighted by molar-refractivity contribution is 7.91. The molecule has 1 aliphatic heterocycles. The van der Waals surface area contributed by atoms with Crippen LogP contribution in [0.25, 0.3) is 22.1 Å². The van der Waals surface area contributed by atoms with E-state index in [2.05, 4.69) is 20.6 Å². The molecular formula is C22H26N6O3S. The van der Waals surface area contributed by atoms with Crippen LogP contribution >= 0.6 is 0 Å². The highest BCUT2D eigenvalue weighted by atomic mass is 32.2. The Morgan fingerprint density at radius 2 is 1.97 bits per heavy atom. The normalized spacial score (nSPS) is 23.4. The van der Waals surface area contributed by atoms with Gasteiger partial charge < -0.3 is 14.5 Å². The number of carbonyl (C=O) groups excluding carboxylic acids is 1. The van der Waals surface area contributed by atoms with Crippen molar-refractivity contribution in [3.05, 3.63) is 24.3 Å². The van der Waals surface area contributed by atoms with Gasteiger partial charge in [0.25, 0.3) is 0 Å². The lowest BCUT2D eigenvalue weighted by molar-refractivity contribution is -0.130. The third kappa shape index (κ3) is 3.86. The predicted molar refractivity (Wildman–Crippen MR) is 120 cm³/mol. The van der Waals surface area contributed by atoms with Gasteiger partial charge in [-0.1, -0.05) is 0 Å². The first kappa shape index (κ1) is 20.9. The predicted octanol–water partition coefficient (Wildman–Crippen LogP) is 2.36. The number of rotatable bonds is 4. The maximum atomic E-state index is 13.1. The van der Waals surface area contributed by atoms with Gasteiger partial charge in [-0.05, 0) is 37.7 Å². The van der Waals surface area contributed by atoms with E-state index in [-0.39, 0.29) is 43.0 Å². The van der Waals surface area contributed by atoms with Crippen LogP contribution in [0.3, 0.4) is 0 Å². The van der Waals surface area contributed by atoms with Gasteiger partial charge in [0.2, 0.25) is 5.91 Å². The number of fused-ring (bicyclic) bond motifs is 3. The highest BCUT2D eigenvalue weighted by Gasteiger charge is 2.30. The van der Waals surface area contributed by atoms with Crippen molar-refractivity contribution in [3.63, 3.8) is 0 Å². The van der Waals surface area contributed by atoms with Gasteiger partial charge >= 0.3 is 0 Å². The van der Waals surface area contributed by atoms with Gasteiger partial charge in [0.1, 0.15) is 17.0 Å². The monoisotopic (exact) mass is 454 g/mol. The number of aromatic amines is 1. The molecule has 2 aliphatic rings. The zero-order chi connectivity index (χ0) is 22.3. The van der Waals surface area contributed by atoms with Crippen LogP contribution in [0, 0.1) is 17.2 Å². The van der Waals surface area contributed by atoms with Crippen LogP contribution in [0.1, 0.15) is 44.0 Å². The molecule has 0 aromatic carbocycles.